The van der Waals surface area contributed by atoms with E-state index in [2.05, 4.69) is 28.9 Å². The second-order valence-electron chi connectivity index (χ2n) is 5.61. The zero-order chi connectivity index (χ0) is 13.1. The third-order valence-corrected chi connectivity index (χ3v) is 3.64. The molecule has 2 atom stereocenters. The lowest BCUT2D eigenvalue weighted by molar-refractivity contribution is 0.299. The van der Waals surface area contributed by atoms with Crippen LogP contribution in [-0.4, -0.2) is 29.3 Å². The maximum Gasteiger partial charge on any atom is 0.266 e. The van der Waals surface area contributed by atoms with Crippen molar-refractivity contribution in [3.63, 3.8) is 0 Å². The van der Waals surface area contributed by atoms with Crippen molar-refractivity contribution in [1.29, 1.82) is 0 Å². The highest BCUT2D eigenvalue weighted by Gasteiger charge is 2.27. The fraction of sp³-hybridized carbons (Fsp3) is 0.846. The molecule has 2 rings (SSSR count). The van der Waals surface area contributed by atoms with Crippen molar-refractivity contribution in [2.24, 2.45) is 11.7 Å². The molecule has 2 unspecified atom stereocenters. The predicted octanol–water partition coefficient (Wildman–Crippen LogP) is 2.15. The van der Waals surface area contributed by atoms with Crippen LogP contribution in [0.4, 0.5) is 5.95 Å². The lowest BCUT2D eigenvalue weighted by atomic mass is 9.90. The van der Waals surface area contributed by atoms with Crippen molar-refractivity contribution < 1.29 is 4.52 Å². The van der Waals surface area contributed by atoms with Crippen LogP contribution in [0.5, 0.6) is 0 Å². The number of nitrogens with zero attached hydrogens (tertiary/aromatic N) is 3. The van der Waals surface area contributed by atoms with Gasteiger partial charge in [-0.05, 0) is 37.3 Å². The topological polar surface area (TPSA) is 68.2 Å². The van der Waals surface area contributed by atoms with Crippen LogP contribution in [0.1, 0.15) is 51.8 Å². The summed E-state index contributed by atoms with van der Waals surface area (Å²) in [6, 6.07) is 0.0275. The van der Waals surface area contributed by atoms with Gasteiger partial charge in [0, 0.05) is 19.1 Å². The van der Waals surface area contributed by atoms with Gasteiger partial charge in [-0.2, -0.15) is 4.98 Å². The molecule has 0 saturated carbocycles. The summed E-state index contributed by atoms with van der Waals surface area (Å²) in [6.45, 7) is 8.33. The molecule has 0 radical (unpaired) electrons. The first-order valence-electron chi connectivity index (χ1n) is 6.93. The Hall–Kier alpha value is -1.10. The SMILES string of the molecule is CC(C)C(c1nc(N2CCCCC2)no1)C(C)N. The fourth-order valence-corrected chi connectivity index (χ4v) is 2.70. The van der Waals surface area contributed by atoms with Gasteiger partial charge in [0.05, 0.1) is 5.92 Å². The van der Waals surface area contributed by atoms with E-state index in [1.165, 1.54) is 19.3 Å². The van der Waals surface area contributed by atoms with E-state index < -0.39 is 0 Å². The minimum absolute atomic E-state index is 0.0275. The van der Waals surface area contributed by atoms with Crippen LogP contribution in [-0.2, 0) is 0 Å². The molecule has 2 N–H and O–H groups in total. The van der Waals surface area contributed by atoms with Crippen molar-refractivity contribution in [2.45, 2.75) is 52.0 Å². The van der Waals surface area contributed by atoms with Crippen LogP contribution in [0.2, 0.25) is 0 Å². The molecule has 5 nitrogen and oxygen atoms in total. The Labute approximate surface area is 109 Å². The largest absolute Gasteiger partial charge is 0.338 e. The van der Waals surface area contributed by atoms with Gasteiger partial charge in [-0.1, -0.05) is 13.8 Å². The zero-order valence-electron chi connectivity index (χ0n) is 11.6. The van der Waals surface area contributed by atoms with E-state index in [0.29, 0.717) is 11.8 Å². The van der Waals surface area contributed by atoms with Gasteiger partial charge in [-0.25, -0.2) is 0 Å². The third kappa shape index (κ3) is 2.83. The lowest BCUT2D eigenvalue weighted by Crippen LogP contribution is -2.31. The molecule has 102 valence electrons. The number of nitrogens with two attached hydrogens (primary N) is 1. The summed E-state index contributed by atoms with van der Waals surface area (Å²) in [5.41, 5.74) is 6.02. The first-order valence-corrected chi connectivity index (χ1v) is 6.93. The van der Waals surface area contributed by atoms with Gasteiger partial charge in [-0.15, -0.1) is 0 Å². The van der Waals surface area contributed by atoms with Gasteiger partial charge in [0.15, 0.2) is 0 Å². The number of aromatic nitrogens is 2. The summed E-state index contributed by atoms with van der Waals surface area (Å²) >= 11 is 0. The molecule has 1 aliphatic rings. The van der Waals surface area contributed by atoms with Gasteiger partial charge in [0.25, 0.3) is 5.95 Å². The average molecular weight is 252 g/mol. The molecule has 0 aliphatic carbocycles. The average Bonchev–Trinajstić information content (AvgIpc) is 2.78. The first kappa shape index (κ1) is 13.3. The Balaban J connectivity index is 2.13. The van der Waals surface area contributed by atoms with Gasteiger partial charge >= 0.3 is 0 Å². The molecule has 0 amide bonds. The third-order valence-electron chi connectivity index (χ3n) is 3.64. The van der Waals surface area contributed by atoms with E-state index in [9.17, 15) is 0 Å². The highest BCUT2D eigenvalue weighted by molar-refractivity contribution is 5.28. The molecule has 1 saturated heterocycles. The van der Waals surface area contributed by atoms with Gasteiger partial charge in [-0.3, -0.25) is 0 Å². The molecule has 0 spiro atoms. The molecule has 1 aromatic rings. The lowest BCUT2D eigenvalue weighted by Gasteiger charge is -2.24. The molecular formula is C13H24N4O. The molecule has 0 aromatic carbocycles. The Morgan fingerprint density at radius 3 is 2.39 bits per heavy atom. The van der Waals surface area contributed by atoms with Crippen LogP contribution < -0.4 is 10.6 Å². The number of rotatable bonds is 4. The zero-order valence-corrected chi connectivity index (χ0v) is 11.6. The van der Waals surface area contributed by atoms with E-state index in [1.807, 2.05) is 6.92 Å². The molecule has 5 heteroatoms. The second-order valence-corrected chi connectivity index (χ2v) is 5.61. The summed E-state index contributed by atoms with van der Waals surface area (Å²) < 4.78 is 5.42. The van der Waals surface area contributed by atoms with Crippen LogP contribution in [0, 0.1) is 5.92 Å². The summed E-state index contributed by atoms with van der Waals surface area (Å²) in [5.74, 6) is 1.95. The number of hydrogen-bond acceptors (Lipinski definition) is 5. The fourth-order valence-electron chi connectivity index (χ4n) is 2.70. The summed E-state index contributed by atoms with van der Waals surface area (Å²) in [5, 5.41) is 4.11. The molecule has 18 heavy (non-hydrogen) atoms. The van der Waals surface area contributed by atoms with E-state index in [4.69, 9.17) is 10.3 Å². The first-order chi connectivity index (χ1) is 8.59. The van der Waals surface area contributed by atoms with E-state index in [0.717, 1.165) is 19.0 Å². The molecule has 2 heterocycles. The van der Waals surface area contributed by atoms with Crippen molar-refractivity contribution >= 4 is 5.95 Å². The quantitative estimate of drug-likeness (QED) is 0.889. The second kappa shape index (κ2) is 5.69. The number of piperidine rings is 1. The van der Waals surface area contributed by atoms with Crippen LogP contribution >= 0.6 is 0 Å². The molecule has 1 aliphatic heterocycles. The summed E-state index contributed by atoms with van der Waals surface area (Å²) in [6.07, 6.45) is 3.73. The van der Waals surface area contributed by atoms with Crippen LogP contribution in [0.3, 0.4) is 0 Å². The Bertz CT molecular complexity index is 361. The van der Waals surface area contributed by atoms with Gasteiger partial charge in [0.1, 0.15) is 0 Å². The minimum Gasteiger partial charge on any atom is -0.338 e. The minimum atomic E-state index is 0.0275. The van der Waals surface area contributed by atoms with E-state index in [1.54, 1.807) is 0 Å². The van der Waals surface area contributed by atoms with Crippen molar-refractivity contribution in [3.8, 4) is 0 Å². The standard InChI is InChI=1S/C13H24N4O/c1-9(2)11(10(3)14)12-15-13(16-18-12)17-7-5-4-6-8-17/h9-11H,4-8,14H2,1-3H3. The van der Waals surface area contributed by atoms with Gasteiger partial charge < -0.3 is 15.2 Å². The summed E-state index contributed by atoms with van der Waals surface area (Å²) in [7, 11) is 0. The van der Waals surface area contributed by atoms with Gasteiger partial charge in [0.2, 0.25) is 5.89 Å². The van der Waals surface area contributed by atoms with Crippen molar-refractivity contribution in [3.05, 3.63) is 5.89 Å². The smallest absolute Gasteiger partial charge is 0.266 e. The van der Waals surface area contributed by atoms with Crippen molar-refractivity contribution in [1.82, 2.24) is 10.1 Å². The predicted molar refractivity (Wildman–Crippen MR) is 71.6 cm³/mol. The maximum absolute atomic E-state index is 6.02. The summed E-state index contributed by atoms with van der Waals surface area (Å²) in [4.78, 5) is 6.75. The van der Waals surface area contributed by atoms with E-state index in [-0.39, 0.29) is 12.0 Å². The monoisotopic (exact) mass is 252 g/mol. The van der Waals surface area contributed by atoms with Crippen molar-refractivity contribution in [2.75, 3.05) is 18.0 Å². The molecular weight excluding hydrogens is 228 g/mol. The van der Waals surface area contributed by atoms with Crippen LogP contribution in [0.25, 0.3) is 0 Å². The number of hydrogen-bond donors (Lipinski definition) is 1. The molecule has 1 fully saturated rings. The number of anilines is 1. The van der Waals surface area contributed by atoms with Crippen LogP contribution in [0.15, 0.2) is 4.52 Å². The highest BCUT2D eigenvalue weighted by Crippen LogP contribution is 2.27. The molecule has 0 bridgehead atoms. The Kier molecular flexibility index (Phi) is 4.22. The molecule has 1 aromatic heterocycles. The van der Waals surface area contributed by atoms with E-state index >= 15 is 0 Å². The Morgan fingerprint density at radius 1 is 1.17 bits per heavy atom. The maximum atomic E-state index is 6.02. The highest BCUT2D eigenvalue weighted by atomic mass is 16.5. The Morgan fingerprint density at radius 2 is 1.83 bits per heavy atom. The normalized spacial score (nSPS) is 20.2.